The Balaban J connectivity index is 0.000000257. The molecule has 0 aliphatic rings. The third kappa shape index (κ3) is 2.58. The van der Waals surface area contributed by atoms with Gasteiger partial charge in [0.25, 0.3) is 0 Å². The number of nitrogens with two attached hydrogens (primary N) is 1. The van der Waals surface area contributed by atoms with Crippen molar-refractivity contribution in [3.63, 3.8) is 0 Å². The van der Waals surface area contributed by atoms with Crippen molar-refractivity contribution >= 4 is 33.4 Å². The Labute approximate surface area is 116 Å². The number of benzene rings is 3. The molecule has 0 bridgehead atoms. The topological polar surface area (TPSA) is 60.2 Å². The van der Waals surface area contributed by atoms with Gasteiger partial charge in [0.2, 0.25) is 5.91 Å². The van der Waals surface area contributed by atoms with Crippen molar-refractivity contribution in [2.24, 2.45) is 5.73 Å². The molecule has 3 aromatic rings. The standard InChI is InChI=1S/C14H8O.C3H5NO/c15-9-12-8-7-11-4-1-3-10-5-2-6-13(12)14(10)11;1-2-3(4)5/h1-8H;2H,1H2,(H2,4,5). The van der Waals surface area contributed by atoms with Gasteiger partial charge in [-0.15, -0.1) is 0 Å². The molecule has 0 radical (unpaired) electrons. The first-order valence-electron chi connectivity index (χ1n) is 6.04. The molecule has 0 aliphatic heterocycles. The second-order valence-corrected chi connectivity index (χ2v) is 4.21. The van der Waals surface area contributed by atoms with Crippen molar-refractivity contribution in [3.05, 3.63) is 66.4 Å². The highest BCUT2D eigenvalue weighted by molar-refractivity contribution is 6.10. The van der Waals surface area contributed by atoms with Crippen molar-refractivity contribution in [2.45, 2.75) is 0 Å². The largest absolute Gasteiger partial charge is 0.366 e. The lowest BCUT2D eigenvalue weighted by Gasteiger charge is -2.03. The van der Waals surface area contributed by atoms with Crippen molar-refractivity contribution in [1.29, 1.82) is 0 Å². The van der Waals surface area contributed by atoms with Gasteiger partial charge in [-0.05, 0) is 28.3 Å². The second kappa shape index (κ2) is 5.83. The predicted octanol–water partition coefficient (Wildman–Crippen LogP) is 1.87. The fourth-order valence-electron chi connectivity index (χ4n) is 2.09. The summed E-state index contributed by atoms with van der Waals surface area (Å²) in [5.41, 5.74) is 4.53. The van der Waals surface area contributed by atoms with E-state index in [0.29, 0.717) is 5.22 Å². The number of carbonyl (C=O) groups is 1. The van der Waals surface area contributed by atoms with Crippen LogP contribution >= 0.6 is 0 Å². The van der Waals surface area contributed by atoms with Gasteiger partial charge in [0.05, 0.1) is 5.22 Å². The maximum atomic E-state index is 10.8. The summed E-state index contributed by atoms with van der Waals surface area (Å²) in [6.07, 6.45) is 1.06. The quantitative estimate of drug-likeness (QED) is 0.681. The predicted molar refractivity (Wildman–Crippen MR) is 80.9 cm³/mol. The summed E-state index contributed by atoms with van der Waals surface area (Å²) in [4.78, 5) is 20.3. The zero-order valence-electron chi connectivity index (χ0n) is 10.8. The van der Waals surface area contributed by atoms with E-state index in [-0.39, 0.29) is 0 Å². The summed E-state index contributed by atoms with van der Waals surface area (Å²) in [7, 11) is 0. The molecule has 3 aromatic carbocycles. The van der Waals surface area contributed by atoms with E-state index in [2.05, 4.69) is 30.5 Å². The van der Waals surface area contributed by atoms with E-state index in [0.717, 1.165) is 16.8 Å². The van der Waals surface area contributed by atoms with Crippen LogP contribution in [0.15, 0.2) is 61.2 Å². The summed E-state index contributed by atoms with van der Waals surface area (Å²) in [6.45, 7) is 3.09. The molecule has 0 unspecified atom stereocenters. The molecule has 1 amide bonds. The fourth-order valence-corrected chi connectivity index (χ4v) is 2.09. The van der Waals surface area contributed by atoms with Crippen LogP contribution < -0.4 is 11.0 Å². The third-order valence-electron chi connectivity index (χ3n) is 2.97. The van der Waals surface area contributed by atoms with Crippen LogP contribution in [0, 0.1) is 0 Å². The minimum Gasteiger partial charge on any atom is -0.366 e. The van der Waals surface area contributed by atoms with Crippen LogP contribution in [-0.2, 0) is 9.59 Å². The molecule has 0 spiro atoms. The highest BCUT2D eigenvalue weighted by Gasteiger charge is 2.01. The molecule has 2 N–H and O–H groups in total. The molecule has 3 rings (SSSR count). The number of hydrogen-bond acceptors (Lipinski definition) is 2. The Bertz CT molecular complexity index is 838. The molecule has 0 saturated heterocycles. The third-order valence-corrected chi connectivity index (χ3v) is 2.97. The first-order valence-corrected chi connectivity index (χ1v) is 6.04. The highest BCUT2D eigenvalue weighted by atomic mass is 16.1. The Morgan fingerprint density at radius 1 is 1.05 bits per heavy atom. The first kappa shape index (κ1) is 13.5. The fraction of sp³-hybridized carbons (Fsp3) is 0. The molecule has 3 heteroatoms. The van der Waals surface area contributed by atoms with Gasteiger partial charge >= 0.3 is 0 Å². The number of hydrogen-bond donors (Lipinski definition) is 1. The first-order chi connectivity index (χ1) is 9.67. The minimum absolute atomic E-state index is 0.481. The minimum atomic E-state index is -0.481. The van der Waals surface area contributed by atoms with E-state index in [1.807, 2.05) is 36.3 Å². The zero-order valence-corrected chi connectivity index (χ0v) is 10.8. The molecule has 98 valence electrons. The van der Waals surface area contributed by atoms with Crippen LogP contribution in [-0.4, -0.2) is 11.8 Å². The van der Waals surface area contributed by atoms with Gasteiger partial charge < -0.3 is 5.73 Å². The summed E-state index contributed by atoms with van der Waals surface area (Å²) in [6, 6.07) is 15.9. The normalized spacial score (nSPS) is 9.60. The average molecular weight is 263 g/mol. The summed E-state index contributed by atoms with van der Waals surface area (Å²) in [5.74, 6) is 1.50. The van der Waals surface area contributed by atoms with E-state index in [4.69, 9.17) is 0 Å². The lowest BCUT2D eigenvalue weighted by Crippen LogP contribution is -2.04. The lowest BCUT2D eigenvalue weighted by molar-refractivity contribution is -0.113. The lowest BCUT2D eigenvalue weighted by atomic mass is 10.00. The molecule has 0 aliphatic carbocycles. The van der Waals surface area contributed by atoms with Crippen molar-refractivity contribution in [3.8, 4) is 0 Å². The van der Waals surface area contributed by atoms with Gasteiger partial charge in [-0.3, -0.25) is 4.79 Å². The second-order valence-electron chi connectivity index (χ2n) is 4.21. The SMILES string of the molecule is C=CC(N)=O.O=C=c1ccc2cccc3cccc1c32. The zero-order chi connectivity index (χ0) is 14.5. The molecule has 0 heterocycles. The molecule has 0 aromatic heterocycles. The van der Waals surface area contributed by atoms with Crippen LogP contribution in [0.25, 0.3) is 21.5 Å². The number of rotatable bonds is 1. The van der Waals surface area contributed by atoms with E-state index in [1.165, 1.54) is 10.8 Å². The molecular formula is C17H13NO2. The summed E-state index contributed by atoms with van der Waals surface area (Å²) < 4.78 is 0. The molecule has 20 heavy (non-hydrogen) atoms. The maximum absolute atomic E-state index is 10.8. The van der Waals surface area contributed by atoms with Gasteiger partial charge in [0.15, 0.2) is 0 Å². The summed E-state index contributed by atoms with van der Waals surface area (Å²) in [5, 5.41) is 5.12. The number of carbonyl (C=O) groups excluding carboxylic acids is 2. The van der Waals surface area contributed by atoms with Crippen LogP contribution in [0.4, 0.5) is 0 Å². The van der Waals surface area contributed by atoms with Crippen LogP contribution in [0.1, 0.15) is 0 Å². The average Bonchev–Trinajstić information content (AvgIpc) is 2.49. The number of amides is 1. The maximum Gasteiger partial charge on any atom is 0.240 e. The van der Waals surface area contributed by atoms with Gasteiger partial charge in [0, 0.05) is 5.39 Å². The van der Waals surface area contributed by atoms with Gasteiger partial charge in [-0.25, -0.2) is 4.79 Å². The number of primary amides is 1. The Morgan fingerprint density at radius 2 is 1.60 bits per heavy atom. The van der Waals surface area contributed by atoms with Crippen molar-refractivity contribution < 1.29 is 9.59 Å². The molecule has 0 atom stereocenters. The molecule has 0 saturated carbocycles. The highest BCUT2D eigenvalue weighted by Crippen LogP contribution is 2.23. The Kier molecular flexibility index (Phi) is 3.94. The van der Waals surface area contributed by atoms with Crippen LogP contribution in [0.5, 0.6) is 0 Å². The Morgan fingerprint density at radius 3 is 2.15 bits per heavy atom. The van der Waals surface area contributed by atoms with Crippen molar-refractivity contribution in [1.82, 2.24) is 0 Å². The molecule has 3 nitrogen and oxygen atoms in total. The monoisotopic (exact) mass is 263 g/mol. The van der Waals surface area contributed by atoms with Gasteiger partial charge in [-0.1, -0.05) is 49.0 Å². The van der Waals surface area contributed by atoms with Crippen LogP contribution in [0.3, 0.4) is 0 Å². The van der Waals surface area contributed by atoms with E-state index < -0.39 is 5.91 Å². The van der Waals surface area contributed by atoms with E-state index >= 15 is 0 Å². The van der Waals surface area contributed by atoms with Crippen molar-refractivity contribution in [2.75, 3.05) is 0 Å². The van der Waals surface area contributed by atoms with Crippen LogP contribution in [0.2, 0.25) is 0 Å². The van der Waals surface area contributed by atoms with E-state index in [9.17, 15) is 9.59 Å². The smallest absolute Gasteiger partial charge is 0.240 e. The molecule has 0 fully saturated rings. The molecular weight excluding hydrogens is 250 g/mol. The van der Waals surface area contributed by atoms with Gasteiger partial charge in [-0.2, -0.15) is 0 Å². The summed E-state index contributed by atoms with van der Waals surface area (Å²) >= 11 is 0. The van der Waals surface area contributed by atoms with Gasteiger partial charge in [0.1, 0.15) is 5.94 Å². The Hall–Kier alpha value is -2.90. The van der Waals surface area contributed by atoms with E-state index in [1.54, 1.807) is 0 Å².